The largest absolute Gasteiger partial charge is 0.336 e. The number of aryl methyl sites for hydroxylation is 1. The van der Waals surface area contributed by atoms with Crippen LogP contribution in [-0.2, 0) is 11.2 Å². The second kappa shape index (κ2) is 7.77. The Hall–Kier alpha value is -2.12. The molecule has 1 amide bonds. The first-order valence-corrected chi connectivity index (χ1v) is 8.35. The molecule has 4 heteroatoms. The highest BCUT2D eigenvalue weighted by Crippen LogP contribution is 2.22. The third kappa shape index (κ3) is 3.96. The molecule has 1 aromatic heterocycles. The van der Waals surface area contributed by atoms with Crippen molar-refractivity contribution in [2.75, 3.05) is 6.54 Å². The molecule has 2 rings (SSSR count). The summed E-state index contributed by atoms with van der Waals surface area (Å²) < 4.78 is 0. The topological polar surface area (TPSA) is 44.1 Å². The number of nitrogens with zero attached hydrogens (tertiary/aromatic N) is 2. The molecule has 3 nitrogen and oxygen atoms in total. The monoisotopic (exact) mass is 312 g/mol. The van der Waals surface area contributed by atoms with Crippen LogP contribution in [0.4, 0.5) is 0 Å². The van der Waals surface area contributed by atoms with Crippen LogP contribution in [0.25, 0.3) is 0 Å². The third-order valence-corrected chi connectivity index (χ3v) is 4.75. The van der Waals surface area contributed by atoms with Gasteiger partial charge in [0.25, 0.3) is 0 Å². The Balaban J connectivity index is 2.02. The van der Waals surface area contributed by atoms with E-state index in [1.54, 1.807) is 23.5 Å². The fourth-order valence-electron chi connectivity index (χ4n) is 2.51. The van der Waals surface area contributed by atoms with Crippen molar-refractivity contribution in [3.05, 3.63) is 57.8 Å². The lowest BCUT2D eigenvalue weighted by Crippen LogP contribution is -2.33. The number of hydrogen-bond donors (Lipinski definition) is 0. The van der Waals surface area contributed by atoms with E-state index in [4.69, 9.17) is 5.26 Å². The van der Waals surface area contributed by atoms with E-state index < -0.39 is 0 Å². The van der Waals surface area contributed by atoms with Crippen molar-refractivity contribution in [3.63, 3.8) is 0 Å². The van der Waals surface area contributed by atoms with Crippen LogP contribution in [0.1, 0.15) is 42.3 Å². The Bertz CT molecular complexity index is 641. The fraction of sp³-hybridized carbons (Fsp3) is 0.333. The number of amides is 1. The van der Waals surface area contributed by atoms with E-state index in [1.165, 1.54) is 4.88 Å². The molecular formula is C18H20N2OS. The molecule has 2 aromatic rings. The Morgan fingerprint density at radius 3 is 2.59 bits per heavy atom. The predicted molar refractivity (Wildman–Crippen MR) is 89.6 cm³/mol. The lowest BCUT2D eigenvalue weighted by molar-refractivity contribution is -0.133. The average Bonchev–Trinajstić information content (AvgIpc) is 3.07. The lowest BCUT2D eigenvalue weighted by Gasteiger charge is -2.28. The summed E-state index contributed by atoms with van der Waals surface area (Å²) in [6.07, 6.45) is 1.34. The molecule has 0 aliphatic carbocycles. The van der Waals surface area contributed by atoms with Crippen LogP contribution in [0.2, 0.25) is 0 Å². The van der Waals surface area contributed by atoms with Crippen LogP contribution in [0.3, 0.4) is 0 Å². The second-order valence-electron chi connectivity index (χ2n) is 5.17. The molecule has 0 saturated heterocycles. The Morgan fingerprint density at radius 2 is 2.05 bits per heavy atom. The van der Waals surface area contributed by atoms with Gasteiger partial charge in [-0.25, -0.2) is 0 Å². The van der Waals surface area contributed by atoms with E-state index in [1.807, 2.05) is 42.3 Å². The van der Waals surface area contributed by atoms with E-state index in [2.05, 4.69) is 12.1 Å². The first kappa shape index (κ1) is 16.3. The number of nitriles is 1. The Morgan fingerprint density at radius 1 is 1.32 bits per heavy atom. The maximum absolute atomic E-state index is 12.5. The van der Waals surface area contributed by atoms with Gasteiger partial charge in [-0.2, -0.15) is 5.26 Å². The molecule has 1 aromatic carbocycles. The van der Waals surface area contributed by atoms with Crippen molar-refractivity contribution in [1.29, 1.82) is 5.26 Å². The highest BCUT2D eigenvalue weighted by molar-refractivity contribution is 7.09. The molecule has 0 N–H and O–H groups in total. The summed E-state index contributed by atoms with van der Waals surface area (Å²) in [6.45, 7) is 4.72. The van der Waals surface area contributed by atoms with Crippen molar-refractivity contribution >= 4 is 17.2 Å². The van der Waals surface area contributed by atoms with Gasteiger partial charge in [0.2, 0.25) is 5.91 Å². The average molecular weight is 312 g/mol. The quantitative estimate of drug-likeness (QED) is 0.804. The van der Waals surface area contributed by atoms with Crippen LogP contribution >= 0.6 is 11.3 Å². The standard InChI is InChI=1S/C18H20N2OS/c1-3-20(18(21)11-10-17-5-4-12-22-17)14(2)16-8-6-15(13-19)7-9-16/h4-9,12,14H,3,10-11H2,1-2H3. The van der Waals surface area contributed by atoms with Gasteiger partial charge in [0.05, 0.1) is 17.7 Å². The minimum Gasteiger partial charge on any atom is -0.336 e. The first-order valence-electron chi connectivity index (χ1n) is 7.47. The maximum Gasteiger partial charge on any atom is 0.223 e. The summed E-state index contributed by atoms with van der Waals surface area (Å²) in [5.74, 6) is 0.174. The number of hydrogen-bond acceptors (Lipinski definition) is 3. The molecule has 0 aliphatic rings. The zero-order valence-electron chi connectivity index (χ0n) is 13.0. The zero-order valence-corrected chi connectivity index (χ0v) is 13.8. The lowest BCUT2D eigenvalue weighted by atomic mass is 10.0. The second-order valence-corrected chi connectivity index (χ2v) is 6.20. The molecule has 1 heterocycles. The van der Waals surface area contributed by atoms with Crippen LogP contribution in [0.5, 0.6) is 0 Å². The van der Waals surface area contributed by atoms with E-state index in [-0.39, 0.29) is 11.9 Å². The van der Waals surface area contributed by atoms with E-state index in [0.29, 0.717) is 18.5 Å². The van der Waals surface area contributed by atoms with Crippen molar-refractivity contribution < 1.29 is 4.79 Å². The van der Waals surface area contributed by atoms with E-state index in [0.717, 1.165) is 12.0 Å². The number of benzene rings is 1. The Labute approximate surface area is 135 Å². The molecule has 0 radical (unpaired) electrons. The van der Waals surface area contributed by atoms with Crippen LogP contribution in [0, 0.1) is 11.3 Å². The van der Waals surface area contributed by atoms with Gasteiger partial charge in [-0.05, 0) is 49.4 Å². The minimum atomic E-state index is 0.0218. The predicted octanol–water partition coefficient (Wildman–Crippen LogP) is 4.16. The molecule has 1 unspecified atom stereocenters. The number of rotatable bonds is 6. The van der Waals surface area contributed by atoms with Gasteiger partial charge in [-0.15, -0.1) is 11.3 Å². The van der Waals surface area contributed by atoms with E-state index >= 15 is 0 Å². The fourth-order valence-corrected chi connectivity index (χ4v) is 3.22. The number of carbonyl (C=O) groups is 1. The molecule has 22 heavy (non-hydrogen) atoms. The Kier molecular flexibility index (Phi) is 5.74. The summed E-state index contributed by atoms with van der Waals surface area (Å²) in [7, 11) is 0. The van der Waals surface area contributed by atoms with Crippen LogP contribution in [0.15, 0.2) is 41.8 Å². The van der Waals surface area contributed by atoms with Crippen LogP contribution in [-0.4, -0.2) is 17.4 Å². The molecule has 0 bridgehead atoms. The van der Waals surface area contributed by atoms with Gasteiger partial charge < -0.3 is 4.90 Å². The smallest absolute Gasteiger partial charge is 0.223 e. The zero-order chi connectivity index (χ0) is 15.9. The molecule has 0 saturated carbocycles. The van der Waals surface area contributed by atoms with Crippen LogP contribution < -0.4 is 0 Å². The third-order valence-electron chi connectivity index (χ3n) is 3.82. The number of carbonyl (C=O) groups excluding carboxylic acids is 1. The van der Waals surface area contributed by atoms with Gasteiger partial charge in [0, 0.05) is 17.8 Å². The molecule has 114 valence electrons. The molecule has 0 spiro atoms. The first-order chi connectivity index (χ1) is 10.7. The van der Waals surface area contributed by atoms with Gasteiger partial charge in [-0.1, -0.05) is 18.2 Å². The maximum atomic E-state index is 12.5. The molecule has 0 aliphatic heterocycles. The summed E-state index contributed by atoms with van der Waals surface area (Å²) in [5.41, 5.74) is 1.70. The molecule has 0 fully saturated rings. The summed E-state index contributed by atoms with van der Waals surface area (Å²) in [5, 5.41) is 10.9. The molecule has 1 atom stereocenters. The van der Waals surface area contributed by atoms with Crippen molar-refractivity contribution in [3.8, 4) is 6.07 Å². The van der Waals surface area contributed by atoms with E-state index in [9.17, 15) is 4.79 Å². The highest BCUT2D eigenvalue weighted by Gasteiger charge is 2.19. The van der Waals surface area contributed by atoms with Crippen molar-refractivity contribution in [1.82, 2.24) is 4.90 Å². The summed E-state index contributed by atoms with van der Waals surface area (Å²) in [6, 6.07) is 13.7. The van der Waals surface area contributed by atoms with Crippen molar-refractivity contribution in [2.45, 2.75) is 32.7 Å². The van der Waals surface area contributed by atoms with Gasteiger partial charge in [-0.3, -0.25) is 4.79 Å². The molecular weight excluding hydrogens is 292 g/mol. The number of thiophene rings is 1. The van der Waals surface area contributed by atoms with Crippen molar-refractivity contribution in [2.24, 2.45) is 0 Å². The van der Waals surface area contributed by atoms with Gasteiger partial charge in [0.15, 0.2) is 0 Å². The summed E-state index contributed by atoms with van der Waals surface area (Å²) in [4.78, 5) is 15.6. The normalized spacial score (nSPS) is 11.7. The minimum absolute atomic E-state index is 0.0218. The van der Waals surface area contributed by atoms with Gasteiger partial charge >= 0.3 is 0 Å². The van der Waals surface area contributed by atoms with Gasteiger partial charge in [0.1, 0.15) is 0 Å². The SMILES string of the molecule is CCN(C(=O)CCc1cccs1)C(C)c1ccc(C#N)cc1. The highest BCUT2D eigenvalue weighted by atomic mass is 32.1. The summed E-state index contributed by atoms with van der Waals surface area (Å²) >= 11 is 1.69.